The van der Waals surface area contributed by atoms with Crippen LogP contribution in [0.5, 0.6) is 0 Å². The molecule has 9 heteroatoms. The Bertz CT molecular complexity index is 766. The van der Waals surface area contributed by atoms with Crippen molar-refractivity contribution in [3.63, 3.8) is 0 Å². The number of hydrogen-bond acceptors (Lipinski definition) is 5. The fourth-order valence-electron chi connectivity index (χ4n) is 2.76. The van der Waals surface area contributed by atoms with E-state index >= 15 is 0 Å². The van der Waals surface area contributed by atoms with Gasteiger partial charge < -0.3 is 10.1 Å². The first-order valence-electron chi connectivity index (χ1n) is 8.08. The lowest BCUT2D eigenvalue weighted by molar-refractivity contribution is -0.148. The second kappa shape index (κ2) is 7.25. The lowest BCUT2D eigenvalue weighted by atomic mass is 10.1. The van der Waals surface area contributed by atoms with E-state index in [2.05, 4.69) is 5.32 Å². The third-order valence-electron chi connectivity index (χ3n) is 4.38. The molecule has 0 bridgehead atoms. The molecule has 1 aliphatic carbocycles. The minimum atomic E-state index is -0.856. The van der Waals surface area contributed by atoms with Gasteiger partial charge in [0, 0.05) is 6.04 Å². The molecular formula is C17H16Cl2N2O5. The average molecular weight is 399 g/mol. The maximum absolute atomic E-state index is 12.3. The molecule has 1 aromatic rings. The number of halogens is 2. The van der Waals surface area contributed by atoms with Crippen LogP contribution in [0, 0.1) is 5.92 Å². The smallest absolute Gasteiger partial charge is 0.326 e. The van der Waals surface area contributed by atoms with Crippen molar-refractivity contribution >= 4 is 46.9 Å². The summed E-state index contributed by atoms with van der Waals surface area (Å²) in [7, 11) is 0. The Balaban J connectivity index is 1.55. The number of amides is 3. The summed E-state index contributed by atoms with van der Waals surface area (Å²) >= 11 is 11.7. The molecule has 1 N–H and O–H groups in total. The first-order chi connectivity index (χ1) is 12.3. The number of hydrogen-bond donors (Lipinski definition) is 1. The van der Waals surface area contributed by atoms with Gasteiger partial charge >= 0.3 is 5.97 Å². The number of esters is 1. The maximum atomic E-state index is 12.3. The molecule has 2 aliphatic rings. The summed E-state index contributed by atoms with van der Waals surface area (Å²) in [5, 5.41) is 3.02. The van der Waals surface area contributed by atoms with Crippen molar-refractivity contribution in [1.29, 1.82) is 0 Å². The Hall–Kier alpha value is -2.12. The van der Waals surface area contributed by atoms with Gasteiger partial charge in [-0.1, -0.05) is 23.2 Å². The van der Waals surface area contributed by atoms with Gasteiger partial charge in [-0.15, -0.1) is 0 Å². The number of nitrogens with zero attached hydrogens (tertiary/aromatic N) is 1. The van der Waals surface area contributed by atoms with Gasteiger partial charge in [0.15, 0.2) is 6.61 Å². The number of benzene rings is 1. The van der Waals surface area contributed by atoms with E-state index in [1.807, 2.05) is 6.92 Å². The first-order valence-corrected chi connectivity index (χ1v) is 8.83. The van der Waals surface area contributed by atoms with Crippen LogP contribution in [0.25, 0.3) is 0 Å². The third-order valence-corrected chi connectivity index (χ3v) is 5.10. The largest absolute Gasteiger partial charge is 0.454 e. The van der Waals surface area contributed by atoms with E-state index in [-0.39, 0.29) is 27.2 Å². The number of carbonyl (C=O) groups excluding carboxylic acids is 4. The molecule has 0 unspecified atom stereocenters. The van der Waals surface area contributed by atoms with Gasteiger partial charge in [-0.3, -0.25) is 24.1 Å². The van der Waals surface area contributed by atoms with Crippen molar-refractivity contribution in [2.75, 3.05) is 13.2 Å². The summed E-state index contributed by atoms with van der Waals surface area (Å²) in [6.45, 7) is 0.843. The van der Waals surface area contributed by atoms with Gasteiger partial charge in [0.2, 0.25) is 0 Å². The molecule has 138 valence electrons. The Morgan fingerprint density at radius 3 is 2.23 bits per heavy atom. The van der Waals surface area contributed by atoms with Gasteiger partial charge in [-0.2, -0.15) is 0 Å². The van der Waals surface area contributed by atoms with Crippen molar-refractivity contribution in [3.8, 4) is 0 Å². The van der Waals surface area contributed by atoms with Crippen LogP contribution < -0.4 is 5.32 Å². The number of ether oxygens (including phenoxy) is 1. The average Bonchev–Trinajstić information content (AvgIpc) is 3.41. The molecule has 1 fully saturated rings. The number of imide groups is 1. The molecular weight excluding hydrogens is 383 g/mol. The second-order valence-corrected chi connectivity index (χ2v) is 7.18. The van der Waals surface area contributed by atoms with E-state index < -0.39 is 36.8 Å². The van der Waals surface area contributed by atoms with Crippen molar-refractivity contribution in [2.24, 2.45) is 5.92 Å². The van der Waals surface area contributed by atoms with Gasteiger partial charge in [0.1, 0.15) is 6.54 Å². The molecule has 1 aliphatic heterocycles. The highest BCUT2D eigenvalue weighted by molar-refractivity contribution is 6.43. The standard InChI is InChI=1S/C17H16Cl2N2O5/c1-8(9-2-3-9)20-14(22)7-26-15(23)6-21-16(24)10-4-12(18)13(19)5-11(10)17(21)25/h4-5,8-9H,2-3,6-7H2,1H3,(H,20,22)/t8-/m1/s1. The van der Waals surface area contributed by atoms with E-state index in [1.165, 1.54) is 12.1 Å². The molecule has 1 atom stereocenters. The Labute approximate surface area is 159 Å². The van der Waals surface area contributed by atoms with Gasteiger partial charge in [0.05, 0.1) is 21.2 Å². The van der Waals surface area contributed by atoms with Crippen LogP contribution >= 0.6 is 23.2 Å². The summed E-state index contributed by atoms with van der Waals surface area (Å²) in [5.74, 6) is -2.11. The highest BCUT2D eigenvalue weighted by Gasteiger charge is 2.38. The molecule has 1 aromatic carbocycles. The van der Waals surface area contributed by atoms with Gasteiger partial charge in [0.25, 0.3) is 17.7 Å². The summed E-state index contributed by atoms with van der Waals surface area (Å²) < 4.78 is 4.86. The van der Waals surface area contributed by atoms with Crippen LogP contribution in [0.4, 0.5) is 0 Å². The van der Waals surface area contributed by atoms with Crippen LogP contribution in [-0.4, -0.2) is 47.8 Å². The molecule has 0 radical (unpaired) electrons. The molecule has 0 spiro atoms. The van der Waals surface area contributed by atoms with Gasteiger partial charge in [-0.05, 0) is 37.8 Å². The van der Waals surface area contributed by atoms with E-state index in [1.54, 1.807) is 0 Å². The predicted octanol–water partition coefficient (Wildman–Crippen LogP) is 2.05. The van der Waals surface area contributed by atoms with Crippen LogP contribution in [0.3, 0.4) is 0 Å². The number of fused-ring (bicyclic) bond motifs is 1. The third kappa shape index (κ3) is 3.83. The SMILES string of the molecule is C[C@@H](NC(=O)COC(=O)CN1C(=O)c2cc(Cl)c(Cl)cc2C1=O)C1CC1. The minimum absolute atomic E-state index is 0.0342. The van der Waals surface area contributed by atoms with Crippen LogP contribution in [0.2, 0.25) is 10.0 Å². The quantitative estimate of drug-likeness (QED) is 0.584. The summed E-state index contributed by atoms with van der Waals surface area (Å²) in [6.07, 6.45) is 2.16. The number of rotatable bonds is 6. The predicted molar refractivity (Wildman–Crippen MR) is 93.1 cm³/mol. The normalized spacial score (nSPS) is 17.1. The van der Waals surface area contributed by atoms with Crippen molar-refractivity contribution in [1.82, 2.24) is 10.2 Å². The molecule has 3 rings (SSSR count). The topological polar surface area (TPSA) is 92.8 Å². The van der Waals surface area contributed by atoms with Crippen molar-refractivity contribution < 1.29 is 23.9 Å². The van der Waals surface area contributed by atoms with Crippen LogP contribution in [0.15, 0.2) is 12.1 Å². The van der Waals surface area contributed by atoms with E-state index in [0.29, 0.717) is 5.92 Å². The number of nitrogens with one attached hydrogen (secondary N) is 1. The zero-order valence-corrected chi connectivity index (χ0v) is 15.4. The Morgan fingerprint density at radius 2 is 1.73 bits per heavy atom. The molecule has 0 aromatic heterocycles. The van der Waals surface area contributed by atoms with Crippen LogP contribution in [0.1, 0.15) is 40.5 Å². The fraction of sp³-hybridized carbons (Fsp3) is 0.412. The summed E-state index contributed by atoms with van der Waals surface area (Å²) in [6, 6.07) is 2.61. The zero-order valence-electron chi connectivity index (χ0n) is 13.9. The van der Waals surface area contributed by atoms with Crippen molar-refractivity contribution in [3.05, 3.63) is 33.3 Å². The van der Waals surface area contributed by atoms with E-state index in [4.69, 9.17) is 27.9 Å². The molecule has 1 heterocycles. The van der Waals surface area contributed by atoms with Gasteiger partial charge in [-0.25, -0.2) is 0 Å². The van der Waals surface area contributed by atoms with E-state index in [0.717, 1.165) is 17.7 Å². The first kappa shape index (κ1) is 18.7. The minimum Gasteiger partial charge on any atom is -0.454 e. The zero-order chi connectivity index (χ0) is 19.0. The highest BCUT2D eigenvalue weighted by Crippen LogP contribution is 2.32. The summed E-state index contributed by atoms with van der Waals surface area (Å²) in [5.41, 5.74) is 0.154. The number of carbonyl (C=O) groups is 4. The molecule has 3 amide bonds. The molecule has 1 saturated carbocycles. The highest BCUT2D eigenvalue weighted by atomic mass is 35.5. The fourth-order valence-corrected chi connectivity index (χ4v) is 3.09. The lowest BCUT2D eigenvalue weighted by Crippen LogP contribution is -2.39. The second-order valence-electron chi connectivity index (χ2n) is 6.36. The summed E-state index contributed by atoms with van der Waals surface area (Å²) in [4.78, 5) is 49.0. The maximum Gasteiger partial charge on any atom is 0.326 e. The lowest BCUT2D eigenvalue weighted by Gasteiger charge is -2.14. The van der Waals surface area contributed by atoms with E-state index in [9.17, 15) is 19.2 Å². The van der Waals surface area contributed by atoms with Crippen molar-refractivity contribution in [2.45, 2.75) is 25.8 Å². The molecule has 7 nitrogen and oxygen atoms in total. The molecule has 26 heavy (non-hydrogen) atoms. The monoisotopic (exact) mass is 398 g/mol. The Kier molecular flexibility index (Phi) is 5.20. The Morgan fingerprint density at radius 1 is 1.19 bits per heavy atom. The molecule has 0 saturated heterocycles. The van der Waals surface area contributed by atoms with Crippen LogP contribution in [-0.2, 0) is 14.3 Å².